The van der Waals surface area contributed by atoms with Gasteiger partial charge in [0.15, 0.2) is 0 Å². The number of hydrogen-bond acceptors (Lipinski definition) is 8. The highest BCUT2D eigenvalue weighted by molar-refractivity contribution is 7.17. The summed E-state index contributed by atoms with van der Waals surface area (Å²) in [5.41, 5.74) is 2.41. The van der Waals surface area contributed by atoms with Crippen LogP contribution >= 0.6 is 11.3 Å². The van der Waals surface area contributed by atoms with Crippen LogP contribution in [0.4, 0.5) is 5.82 Å². The number of piperidine rings is 1. The molecule has 3 fully saturated rings. The van der Waals surface area contributed by atoms with Crippen LogP contribution in [-0.2, 0) is 11.2 Å². The van der Waals surface area contributed by atoms with E-state index in [1.807, 2.05) is 6.20 Å². The monoisotopic (exact) mass is 510 g/mol. The van der Waals surface area contributed by atoms with Crippen molar-refractivity contribution in [3.05, 3.63) is 34.7 Å². The Morgan fingerprint density at radius 3 is 2.58 bits per heavy atom. The quantitative estimate of drug-likeness (QED) is 0.511. The third-order valence-electron chi connectivity index (χ3n) is 8.30. The van der Waals surface area contributed by atoms with E-state index < -0.39 is 0 Å². The molecule has 6 rings (SSSR count). The van der Waals surface area contributed by atoms with Gasteiger partial charge in [0.25, 0.3) is 0 Å². The van der Waals surface area contributed by atoms with E-state index in [1.54, 1.807) is 11.3 Å². The molecule has 0 bridgehead atoms. The van der Waals surface area contributed by atoms with Crippen molar-refractivity contribution in [2.75, 3.05) is 31.6 Å². The molecule has 194 valence electrons. The van der Waals surface area contributed by atoms with Crippen molar-refractivity contribution in [1.82, 2.24) is 24.6 Å². The molecule has 1 aliphatic carbocycles. The average Bonchev–Trinajstić information content (AvgIpc) is 3.52. The predicted molar refractivity (Wildman–Crippen MR) is 143 cm³/mol. The fraction of sp³-hybridized carbons (Fsp3) is 0.667. The summed E-state index contributed by atoms with van der Waals surface area (Å²) in [6.07, 6.45) is 13.4. The Balaban J connectivity index is 1.14. The number of aromatic nitrogens is 4. The zero-order valence-corrected chi connectivity index (χ0v) is 22.1. The standard InChI is InChI=1S/C27H38N6O2S/c1-18-17-36-27-25(18)26(29-20-2-4-21(5-3-20)32-10-6-23(34)7-11-32)30-24(31-27)14-19-15-28-33(16-19)22-8-12-35-13-9-22/h15-17,20-23,34H,2-14H2,1H3,(H,29,30,31). The molecule has 3 aromatic heterocycles. The molecular weight excluding hydrogens is 472 g/mol. The van der Waals surface area contributed by atoms with Gasteiger partial charge in [0.2, 0.25) is 0 Å². The lowest BCUT2D eigenvalue weighted by atomic mass is 9.89. The highest BCUT2D eigenvalue weighted by atomic mass is 32.1. The van der Waals surface area contributed by atoms with Gasteiger partial charge < -0.3 is 20.1 Å². The number of aliphatic hydroxyl groups is 1. The van der Waals surface area contributed by atoms with Gasteiger partial charge in [-0.25, -0.2) is 9.97 Å². The van der Waals surface area contributed by atoms with Gasteiger partial charge in [-0.2, -0.15) is 5.10 Å². The normalized spacial score (nSPS) is 24.9. The summed E-state index contributed by atoms with van der Waals surface area (Å²) in [4.78, 5) is 13.7. The molecule has 1 saturated carbocycles. The molecule has 8 nitrogen and oxygen atoms in total. The lowest BCUT2D eigenvalue weighted by Crippen LogP contribution is -2.45. The fourth-order valence-electron chi connectivity index (χ4n) is 6.14. The smallest absolute Gasteiger partial charge is 0.139 e. The number of aryl methyl sites for hydroxylation is 1. The number of ether oxygens (including phenoxy) is 1. The number of likely N-dealkylation sites (tertiary alicyclic amines) is 1. The molecule has 36 heavy (non-hydrogen) atoms. The largest absolute Gasteiger partial charge is 0.393 e. The highest BCUT2D eigenvalue weighted by Gasteiger charge is 2.29. The van der Waals surface area contributed by atoms with Crippen LogP contribution in [0.15, 0.2) is 17.8 Å². The van der Waals surface area contributed by atoms with Gasteiger partial charge >= 0.3 is 0 Å². The van der Waals surface area contributed by atoms with Gasteiger partial charge in [0, 0.05) is 51.0 Å². The maximum Gasteiger partial charge on any atom is 0.139 e. The maximum absolute atomic E-state index is 9.84. The van der Waals surface area contributed by atoms with Crippen molar-refractivity contribution in [2.45, 2.75) is 88.9 Å². The van der Waals surface area contributed by atoms with Crippen LogP contribution in [0.25, 0.3) is 10.2 Å². The highest BCUT2D eigenvalue weighted by Crippen LogP contribution is 2.33. The van der Waals surface area contributed by atoms with E-state index in [4.69, 9.17) is 14.7 Å². The van der Waals surface area contributed by atoms with Crippen LogP contribution in [-0.4, -0.2) is 74.2 Å². The first-order valence-corrected chi connectivity index (χ1v) is 14.5. The van der Waals surface area contributed by atoms with Crippen molar-refractivity contribution in [2.24, 2.45) is 0 Å². The molecule has 0 atom stereocenters. The van der Waals surface area contributed by atoms with Crippen molar-refractivity contribution in [3.8, 4) is 0 Å². The lowest BCUT2D eigenvalue weighted by Gasteiger charge is -2.40. The Bertz CT molecular complexity index is 1160. The minimum absolute atomic E-state index is 0.0984. The summed E-state index contributed by atoms with van der Waals surface area (Å²) in [5, 5.41) is 21.7. The molecule has 0 aromatic carbocycles. The van der Waals surface area contributed by atoms with Crippen molar-refractivity contribution >= 4 is 27.4 Å². The zero-order chi connectivity index (χ0) is 24.5. The van der Waals surface area contributed by atoms with E-state index in [2.05, 4.69) is 38.5 Å². The van der Waals surface area contributed by atoms with E-state index in [9.17, 15) is 5.11 Å². The van der Waals surface area contributed by atoms with Crippen LogP contribution < -0.4 is 5.32 Å². The summed E-state index contributed by atoms with van der Waals surface area (Å²) >= 11 is 1.71. The fourth-order valence-corrected chi connectivity index (χ4v) is 7.08. The van der Waals surface area contributed by atoms with Gasteiger partial charge in [-0.3, -0.25) is 4.68 Å². The van der Waals surface area contributed by atoms with Gasteiger partial charge in [-0.1, -0.05) is 0 Å². The summed E-state index contributed by atoms with van der Waals surface area (Å²) in [7, 11) is 0. The molecule has 3 aliphatic rings. The Morgan fingerprint density at radius 1 is 1.03 bits per heavy atom. The van der Waals surface area contributed by atoms with Crippen molar-refractivity contribution in [3.63, 3.8) is 0 Å². The van der Waals surface area contributed by atoms with Crippen LogP contribution in [0.1, 0.15) is 74.4 Å². The van der Waals surface area contributed by atoms with Gasteiger partial charge in [-0.05, 0) is 74.8 Å². The number of nitrogens with zero attached hydrogens (tertiary/aromatic N) is 5. The number of thiophene rings is 1. The zero-order valence-electron chi connectivity index (χ0n) is 21.2. The second-order valence-corrected chi connectivity index (χ2v) is 11.7. The number of hydrogen-bond donors (Lipinski definition) is 2. The van der Waals surface area contributed by atoms with E-state index in [1.165, 1.54) is 23.8 Å². The molecule has 0 radical (unpaired) electrons. The predicted octanol–water partition coefficient (Wildman–Crippen LogP) is 4.32. The maximum atomic E-state index is 9.84. The van der Waals surface area contributed by atoms with E-state index in [0.29, 0.717) is 24.5 Å². The molecule has 2 aliphatic heterocycles. The summed E-state index contributed by atoms with van der Waals surface area (Å²) in [6, 6.07) is 1.53. The van der Waals surface area contributed by atoms with Crippen LogP contribution in [0.2, 0.25) is 0 Å². The number of anilines is 1. The van der Waals surface area contributed by atoms with Gasteiger partial charge in [0.05, 0.1) is 23.7 Å². The number of rotatable bonds is 6. The lowest BCUT2D eigenvalue weighted by molar-refractivity contribution is 0.0495. The molecule has 2 saturated heterocycles. The SMILES string of the molecule is Cc1csc2nc(Cc3cnn(C4CCOCC4)c3)nc(NC3CCC(N4CCC(O)CC4)CC3)c12. The first-order chi connectivity index (χ1) is 17.6. The Morgan fingerprint density at radius 2 is 1.81 bits per heavy atom. The minimum atomic E-state index is -0.0984. The van der Waals surface area contributed by atoms with Crippen molar-refractivity contribution in [1.29, 1.82) is 0 Å². The first-order valence-electron chi connectivity index (χ1n) is 13.7. The summed E-state index contributed by atoms with van der Waals surface area (Å²) in [5.74, 6) is 1.86. The second-order valence-electron chi connectivity index (χ2n) is 10.9. The van der Waals surface area contributed by atoms with Crippen molar-refractivity contribution < 1.29 is 9.84 Å². The third kappa shape index (κ3) is 5.30. The molecule has 3 aromatic rings. The Kier molecular flexibility index (Phi) is 7.24. The first kappa shape index (κ1) is 24.3. The average molecular weight is 511 g/mol. The summed E-state index contributed by atoms with van der Waals surface area (Å²) < 4.78 is 7.61. The van der Waals surface area contributed by atoms with E-state index >= 15 is 0 Å². The molecular formula is C27H38N6O2S. The molecule has 5 heterocycles. The summed E-state index contributed by atoms with van der Waals surface area (Å²) in [6.45, 7) is 5.87. The third-order valence-corrected chi connectivity index (χ3v) is 9.29. The second kappa shape index (κ2) is 10.7. The number of fused-ring (bicyclic) bond motifs is 1. The van der Waals surface area contributed by atoms with Gasteiger partial charge in [-0.15, -0.1) is 11.3 Å². The molecule has 0 amide bonds. The van der Waals surface area contributed by atoms with E-state index in [-0.39, 0.29) is 6.10 Å². The van der Waals surface area contributed by atoms with Gasteiger partial charge in [0.1, 0.15) is 16.5 Å². The topological polar surface area (TPSA) is 88.3 Å². The van der Waals surface area contributed by atoms with E-state index in [0.717, 1.165) is 86.9 Å². The number of aliphatic hydroxyl groups excluding tert-OH is 1. The molecule has 0 spiro atoms. The molecule has 9 heteroatoms. The Hall–Kier alpha value is -2.07. The molecule has 0 unspecified atom stereocenters. The number of nitrogens with one attached hydrogen (secondary N) is 1. The van der Waals surface area contributed by atoms with Crippen LogP contribution in [0, 0.1) is 6.92 Å². The van der Waals surface area contributed by atoms with Crippen LogP contribution in [0.3, 0.4) is 0 Å². The molecule has 2 N–H and O–H groups in total. The Labute approximate surface area is 217 Å². The van der Waals surface area contributed by atoms with Crippen LogP contribution in [0.5, 0.6) is 0 Å². The minimum Gasteiger partial charge on any atom is -0.393 e.